The van der Waals surface area contributed by atoms with Crippen molar-refractivity contribution in [1.82, 2.24) is 24.7 Å². The van der Waals surface area contributed by atoms with Gasteiger partial charge in [0, 0.05) is 0 Å². The van der Waals surface area contributed by atoms with Crippen LogP contribution in [0.5, 0.6) is 0 Å². The lowest BCUT2D eigenvalue weighted by Gasteiger charge is -2.03. The molecule has 0 radical (unpaired) electrons. The summed E-state index contributed by atoms with van der Waals surface area (Å²) in [6.07, 6.45) is 2.91. The number of anilines is 1. The molecule has 0 amide bonds. The van der Waals surface area contributed by atoms with Gasteiger partial charge in [-0.2, -0.15) is 5.10 Å². The largest absolute Gasteiger partial charge is 0.464 e. The fourth-order valence-electron chi connectivity index (χ4n) is 1.39. The van der Waals surface area contributed by atoms with Crippen LogP contribution in [0.2, 0.25) is 0 Å². The van der Waals surface area contributed by atoms with Crippen molar-refractivity contribution in [1.29, 1.82) is 0 Å². The molecule has 8 nitrogen and oxygen atoms in total. The Balaban J connectivity index is 2.57. The minimum Gasteiger partial charge on any atom is -0.464 e. The molecule has 2 aromatic heterocycles. The van der Waals surface area contributed by atoms with Crippen molar-refractivity contribution in [2.45, 2.75) is 6.92 Å². The van der Waals surface area contributed by atoms with Gasteiger partial charge in [-0.05, 0) is 6.92 Å². The first-order valence-electron chi connectivity index (χ1n) is 4.72. The third-order valence-corrected chi connectivity index (χ3v) is 2.13. The maximum atomic E-state index is 11.4. The van der Waals surface area contributed by atoms with E-state index in [2.05, 4.69) is 24.9 Å². The molecule has 0 aliphatic rings. The van der Waals surface area contributed by atoms with Crippen molar-refractivity contribution in [3.63, 3.8) is 0 Å². The van der Waals surface area contributed by atoms with Gasteiger partial charge in [-0.25, -0.2) is 19.3 Å². The summed E-state index contributed by atoms with van der Waals surface area (Å²) in [4.78, 5) is 19.4. The topological polar surface area (TPSA) is 109 Å². The number of carbonyl (C=O) groups is 1. The summed E-state index contributed by atoms with van der Waals surface area (Å²) in [6.45, 7) is 1.68. The summed E-state index contributed by atoms with van der Waals surface area (Å²) < 4.78 is 6.00. The number of aryl methyl sites for hydroxylation is 1. The van der Waals surface area contributed by atoms with Crippen molar-refractivity contribution >= 4 is 11.8 Å². The molecule has 0 bridgehead atoms. The molecule has 0 saturated heterocycles. The predicted octanol–water partition coefficient (Wildman–Crippen LogP) is -0.265. The molecule has 0 unspecified atom stereocenters. The Morgan fingerprint density at radius 3 is 2.82 bits per heavy atom. The fourth-order valence-corrected chi connectivity index (χ4v) is 1.39. The molecule has 0 aliphatic carbocycles. The molecule has 17 heavy (non-hydrogen) atoms. The Morgan fingerprint density at radius 2 is 2.24 bits per heavy atom. The average molecular weight is 234 g/mol. The van der Waals surface area contributed by atoms with Crippen LogP contribution in [-0.2, 0) is 4.74 Å². The van der Waals surface area contributed by atoms with Gasteiger partial charge in [-0.1, -0.05) is 0 Å². The van der Waals surface area contributed by atoms with Crippen LogP contribution in [-0.4, -0.2) is 37.8 Å². The fraction of sp³-hybridized carbons (Fsp3) is 0.222. The van der Waals surface area contributed by atoms with Crippen LogP contribution in [0.4, 0.5) is 5.82 Å². The molecule has 2 heterocycles. The van der Waals surface area contributed by atoms with E-state index >= 15 is 0 Å². The molecule has 2 aromatic rings. The molecule has 0 aliphatic heterocycles. The second kappa shape index (κ2) is 4.16. The molecule has 2 rings (SSSR count). The van der Waals surface area contributed by atoms with Crippen LogP contribution in [0.3, 0.4) is 0 Å². The summed E-state index contributed by atoms with van der Waals surface area (Å²) in [7, 11) is 1.26. The summed E-state index contributed by atoms with van der Waals surface area (Å²) in [6, 6.07) is 0. The number of rotatable bonds is 2. The van der Waals surface area contributed by atoms with E-state index in [9.17, 15) is 4.79 Å². The maximum Gasteiger partial charge on any atom is 0.360 e. The van der Waals surface area contributed by atoms with E-state index < -0.39 is 5.97 Å². The van der Waals surface area contributed by atoms with Crippen LogP contribution in [0.15, 0.2) is 12.4 Å². The minimum atomic E-state index is -0.603. The lowest BCUT2D eigenvalue weighted by molar-refractivity contribution is 0.0596. The van der Waals surface area contributed by atoms with Gasteiger partial charge >= 0.3 is 5.97 Å². The third kappa shape index (κ3) is 1.80. The first kappa shape index (κ1) is 11.0. The van der Waals surface area contributed by atoms with Gasteiger partial charge in [-0.3, -0.25) is 0 Å². The number of esters is 1. The maximum absolute atomic E-state index is 11.4. The number of nitrogens with two attached hydrogens (primary N) is 1. The first-order chi connectivity index (χ1) is 8.15. The second-order valence-electron chi connectivity index (χ2n) is 3.16. The van der Waals surface area contributed by atoms with E-state index in [0.29, 0.717) is 5.82 Å². The smallest absolute Gasteiger partial charge is 0.360 e. The Labute approximate surface area is 96.5 Å². The van der Waals surface area contributed by atoms with Crippen molar-refractivity contribution < 1.29 is 9.53 Å². The van der Waals surface area contributed by atoms with E-state index in [0.717, 1.165) is 0 Å². The zero-order valence-electron chi connectivity index (χ0n) is 9.28. The molecule has 0 aromatic carbocycles. The van der Waals surface area contributed by atoms with Gasteiger partial charge in [0.15, 0.2) is 5.69 Å². The molecular formula is C9H10N6O2. The van der Waals surface area contributed by atoms with Gasteiger partial charge in [0.25, 0.3) is 5.95 Å². The van der Waals surface area contributed by atoms with Crippen molar-refractivity contribution in [3.05, 3.63) is 23.9 Å². The van der Waals surface area contributed by atoms with E-state index in [1.165, 1.54) is 24.1 Å². The zero-order chi connectivity index (χ0) is 12.4. The molecule has 8 heteroatoms. The van der Waals surface area contributed by atoms with Gasteiger partial charge in [0.1, 0.15) is 11.6 Å². The molecule has 0 atom stereocenters. The van der Waals surface area contributed by atoms with E-state index in [1.807, 2.05) is 0 Å². The predicted molar refractivity (Wildman–Crippen MR) is 57.4 cm³/mol. The van der Waals surface area contributed by atoms with Crippen LogP contribution in [0, 0.1) is 6.92 Å². The summed E-state index contributed by atoms with van der Waals surface area (Å²) in [5, 5.41) is 7.48. The Bertz CT molecular complexity index is 550. The van der Waals surface area contributed by atoms with Crippen LogP contribution < -0.4 is 5.73 Å². The third-order valence-electron chi connectivity index (χ3n) is 2.13. The highest BCUT2D eigenvalue weighted by Gasteiger charge is 2.21. The van der Waals surface area contributed by atoms with E-state index in [-0.39, 0.29) is 17.5 Å². The van der Waals surface area contributed by atoms with Gasteiger partial charge < -0.3 is 10.5 Å². The number of hydrogen-bond donors (Lipinski definition) is 1. The van der Waals surface area contributed by atoms with E-state index in [4.69, 9.17) is 5.73 Å². The standard InChI is InChI=1S/C9H10N6O2/c1-5-13-6(8(16)17-2)7(10)15(5)9-11-3-4-12-14-9/h3-4H,10H2,1-2H3. The average Bonchev–Trinajstić information content (AvgIpc) is 2.65. The highest BCUT2D eigenvalue weighted by molar-refractivity contribution is 5.92. The summed E-state index contributed by atoms with van der Waals surface area (Å²) in [5.41, 5.74) is 5.84. The van der Waals surface area contributed by atoms with Crippen LogP contribution in [0.1, 0.15) is 16.3 Å². The lowest BCUT2D eigenvalue weighted by atomic mass is 10.4. The van der Waals surface area contributed by atoms with E-state index in [1.54, 1.807) is 6.92 Å². The first-order valence-corrected chi connectivity index (χ1v) is 4.72. The van der Waals surface area contributed by atoms with Crippen molar-refractivity contribution in [2.75, 3.05) is 12.8 Å². The number of imidazole rings is 1. The number of nitrogens with zero attached hydrogens (tertiary/aromatic N) is 5. The lowest BCUT2D eigenvalue weighted by Crippen LogP contribution is -2.10. The highest BCUT2D eigenvalue weighted by atomic mass is 16.5. The number of carbonyl (C=O) groups excluding carboxylic acids is 1. The quantitative estimate of drug-likeness (QED) is 0.712. The number of nitrogen functional groups attached to an aromatic ring is 1. The normalized spacial score (nSPS) is 10.2. The number of methoxy groups -OCH3 is 1. The van der Waals surface area contributed by atoms with Crippen LogP contribution >= 0.6 is 0 Å². The Kier molecular flexibility index (Phi) is 2.69. The SMILES string of the molecule is COC(=O)c1nc(C)n(-c2nccnn2)c1N. The summed E-state index contributed by atoms with van der Waals surface area (Å²) >= 11 is 0. The molecular weight excluding hydrogens is 224 g/mol. The Morgan fingerprint density at radius 1 is 1.47 bits per heavy atom. The molecule has 0 fully saturated rings. The monoisotopic (exact) mass is 234 g/mol. The number of ether oxygens (including phenoxy) is 1. The van der Waals surface area contributed by atoms with Gasteiger partial charge in [0.2, 0.25) is 0 Å². The molecule has 0 spiro atoms. The molecule has 2 N–H and O–H groups in total. The van der Waals surface area contributed by atoms with Crippen LogP contribution in [0.25, 0.3) is 5.95 Å². The van der Waals surface area contributed by atoms with Gasteiger partial charge in [-0.15, -0.1) is 5.10 Å². The number of hydrogen-bond acceptors (Lipinski definition) is 7. The summed E-state index contributed by atoms with van der Waals surface area (Å²) in [5.74, 6) is 0.261. The van der Waals surface area contributed by atoms with Crippen molar-refractivity contribution in [2.24, 2.45) is 0 Å². The molecule has 0 saturated carbocycles. The molecule has 88 valence electrons. The van der Waals surface area contributed by atoms with Crippen molar-refractivity contribution in [3.8, 4) is 5.95 Å². The number of aromatic nitrogens is 5. The minimum absolute atomic E-state index is 0.0393. The zero-order valence-corrected chi connectivity index (χ0v) is 9.28. The Hall–Kier alpha value is -2.51. The highest BCUT2D eigenvalue weighted by Crippen LogP contribution is 2.17. The second-order valence-corrected chi connectivity index (χ2v) is 3.16. The van der Waals surface area contributed by atoms with Gasteiger partial charge in [0.05, 0.1) is 19.5 Å².